The van der Waals surface area contributed by atoms with Crippen LogP contribution in [-0.2, 0) is 14.3 Å². The second-order valence-corrected chi connectivity index (χ2v) is 8.21. The maximum atomic E-state index is 12.1. The summed E-state index contributed by atoms with van der Waals surface area (Å²) in [5.41, 5.74) is 0. The number of esters is 2. The Morgan fingerprint density at radius 2 is 1.29 bits per heavy atom. The zero-order valence-electron chi connectivity index (χ0n) is 19.1. The molecular formula is C27H38O4. The molecule has 0 saturated carbocycles. The molecule has 4 nitrogen and oxygen atoms in total. The van der Waals surface area contributed by atoms with Crippen LogP contribution in [0.15, 0.2) is 42.5 Å². The van der Waals surface area contributed by atoms with Crippen LogP contribution in [0.3, 0.4) is 0 Å². The average molecular weight is 427 g/mol. The molecule has 0 aliphatic carbocycles. The van der Waals surface area contributed by atoms with E-state index in [9.17, 15) is 9.59 Å². The highest BCUT2D eigenvalue weighted by atomic mass is 16.5. The number of hydrogen-bond donors (Lipinski definition) is 0. The Kier molecular flexibility index (Phi) is 12.4. The van der Waals surface area contributed by atoms with Gasteiger partial charge in [0, 0.05) is 18.2 Å². The van der Waals surface area contributed by atoms with E-state index in [1.165, 1.54) is 51.4 Å². The highest BCUT2D eigenvalue weighted by Crippen LogP contribution is 2.25. The van der Waals surface area contributed by atoms with Crippen molar-refractivity contribution in [2.24, 2.45) is 0 Å². The van der Waals surface area contributed by atoms with Crippen molar-refractivity contribution in [2.75, 3.05) is 6.61 Å². The maximum Gasteiger partial charge on any atom is 0.311 e. The summed E-state index contributed by atoms with van der Waals surface area (Å²) in [6, 6.07) is 13.4. The van der Waals surface area contributed by atoms with Crippen LogP contribution in [-0.4, -0.2) is 18.5 Å². The van der Waals surface area contributed by atoms with Crippen LogP contribution in [0.4, 0.5) is 0 Å². The largest absolute Gasteiger partial charge is 0.466 e. The number of hydrogen-bond acceptors (Lipinski definition) is 4. The highest BCUT2D eigenvalue weighted by molar-refractivity contribution is 5.90. The van der Waals surface area contributed by atoms with Crippen molar-refractivity contribution in [1.82, 2.24) is 0 Å². The van der Waals surface area contributed by atoms with Crippen LogP contribution in [0.1, 0.15) is 90.4 Å². The summed E-state index contributed by atoms with van der Waals surface area (Å²) in [5.74, 6) is 0.0133. The molecule has 0 aliphatic heterocycles. The number of carbonyl (C=O) groups excluding carboxylic acids is 2. The lowest BCUT2D eigenvalue weighted by molar-refractivity contribution is -0.144. The summed E-state index contributed by atoms with van der Waals surface area (Å²) in [6.45, 7) is 2.73. The van der Waals surface area contributed by atoms with Crippen molar-refractivity contribution < 1.29 is 19.1 Å². The highest BCUT2D eigenvalue weighted by Gasteiger charge is 2.10. The number of ether oxygens (including phenoxy) is 2. The Labute approximate surface area is 187 Å². The molecule has 31 heavy (non-hydrogen) atoms. The van der Waals surface area contributed by atoms with Crippen LogP contribution in [0.25, 0.3) is 10.8 Å². The second-order valence-electron chi connectivity index (χ2n) is 8.21. The van der Waals surface area contributed by atoms with Crippen LogP contribution in [0, 0.1) is 0 Å². The molecule has 4 heteroatoms. The Hall–Kier alpha value is -2.36. The first-order chi connectivity index (χ1) is 15.2. The van der Waals surface area contributed by atoms with Crippen LogP contribution >= 0.6 is 0 Å². The van der Waals surface area contributed by atoms with E-state index in [-0.39, 0.29) is 24.8 Å². The molecule has 2 aromatic carbocycles. The zero-order chi connectivity index (χ0) is 22.2. The number of carbonyl (C=O) groups is 2. The predicted octanol–water partition coefficient (Wildman–Crippen LogP) is 7.38. The first-order valence-corrected chi connectivity index (χ1v) is 12.0. The Morgan fingerprint density at radius 1 is 0.677 bits per heavy atom. The van der Waals surface area contributed by atoms with Crippen LogP contribution < -0.4 is 4.74 Å². The van der Waals surface area contributed by atoms with Gasteiger partial charge in [-0.05, 0) is 24.3 Å². The van der Waals surface area contributed by atoms with Gasteiger partial charge in [-0.1, -0.05) is 101 Å². The fourth-order valence-electron chi connectivity index (χ4n) is 3.68. The zero-order valence-corrected chi connectivity index (χ0v) is 19.1. The van der Waals surface area contributed by atoms with Crippen molar-refractivity contribution in [3.05, 3.63) is 42.5 Å². The molecule has 0 spiro atoms. The van der Waals surface area contributed by atoms with E-state index >= 15 is 0 Å². The standard InChI is InChI=1S/C27H38O4/c1-2-3-4-5-6-7-8-9-10-13-22-30-26(28)20-15-21-27(29)31-25-19-14-17-23-16-11-12-18-24(23)25/h11-12,14,16-19H,2-10,13,15,20-22H2,1H3. The first kappa shape index (κ1) is 24.9. The lowest BCUT2D eigenvalue weighted by Gasteiger charge is -2.08. The molecule has 2 aromatic rings. The summed E-state index contributed by atoms with van der Waals surface area (Å²) in [6.07, 6.45) is 13.5. The molecule has 0 amide bonds. The first-order valence-electron chi connectivity index (χ1n) is 12.0. The minimum Gasteiger partial charge on any atom is -0.466 e. The van der Waals surface area contributed by atoms with Crippen molar-refractivity contribution >= 4 is 22.7 Å². The summed E-state index contributed by atoms with van der Waals surface area (Å²) in [4.78, 5) is 24.0. The number of benzene rings is 2. The van der Waals surface area contributed by atoms with Gasteiger partial charge >= 0.3 is 11.9 Å². The lowest BCUT2D eigenvalue weighted by Crippen LogP contribution is -2.10. The van der Waals surface area contributed by atoms with Gasteiger partial charge in [0.2, 0.25) is 0 Å². The monoisotopic (exact) mass is 426 g/mol. The third kappa shape index (κ3) is 10.5. The molecule has 0 aliphatic rings. The molecular weight excluding hydrogens is 388 g/mol. The molecule has 0 saturated heterocycles. The lowest BCUT2D eigenvalue weighted by atomic mass is 10.1. The van der Waals surface area contributed by atoms with Gasteiger partial charge in [0.25, 0.3) is 0 Å². The topological polar surface area (TPSA) is 52.6 Å². The molecule has 0 unspecified atom stereocenters. The normalized spacial score (nSPS) is 10.9. The third-order valence-electron chi connectivity index (χ3n) is 5.50. The van der Waals surface area contributed by atoms with E-state index in [2.05, 4.69) is 6.92 Å². The average Bonchev–Trinajstić information content (AvgIpc) is 2.78. The third-order valence-corrected chi connectivity index (χ3v) is 5.50. The molecule has 2 rings (SSSR count). The minimum absolute atomic E-state index is 0.205. The van der Waals surface area contributed by atoms with Gasteiger partial charge in [0.1, 0.15) is 5.75 Å². The summed E-state index contributed by atoms with van der Waals surface area (Å²) in [7, 11) is 0. The maximum absolute atomic E-state index is 12.1. The van der Waals surface area contributed by atoms with Gasteiger partial charge < -0.3 is 9.47 Å². The van der Waals surface area contributed by atoms with E-state index < -0.39 is 0 Å². The summed E-state index contributed by atoms with van der Waals surface area (Å²) >= 11 is 0. The SMILES string of the molecule is CCCCCCCCCCCCOC(=O)CCCC(=O)Oc1cccc2ccccc12. The predicted molar refractivity (Wildman–Crippen MR) is 126 cm³/mol. The molecule has 0 radical (unpaired) electrons. The van der Waals surface area contributed by atoms with E-state index in [1.807, 2.05) is 36.4 Å². The van der Waals surface area contributed by atoms with Gasteiger partial charge in [-0.15, -0.1) is 0 Å². The fraction of sp³-hybridized carbons (Fsp3) is 0.556. The molecule has 170 valence electrons. The molecule has 0 fully saturated rings. The quantitative estimate of drug-likeness (QED) is 0.160. The molecule has 0 N–H and O–H groups in total. The van der Waals surface area contributed by atoms with Crippen molar-refractivity contribution in [3.8, 4) is 5.75 Å². The molecule has 0 heterocycles. The van der Waals surface area contributed by atoms with Gasteiger partial charge in [-0.3, -0.25) is 9.59 Å². The van der Waals surface area contributed by atoms with E-state index in [0.29, 0.717) is 18.8 Å². The Morgan fingerprint density at radius 3 is 2.03 bits per heavy atom. The van der Waals surface area contributed by atoms with Gasteiger partial charge in [0.05, 0.1) is 6.61 Å². The molecule has 0 aromatic heterocycles. The minimum atomic E-state index is -0.321. The Bertz CT molecular complexity index is 778. The van der Waals surface area contributed by atoms with Crippen molar-refractivity contribution in [3.63, 3.8) is 0 Å². The van der Waals surface area contributed by atoms with E-state index in [1.54, 1.807) is 6.07 Å². The number of unbranched alkanes of at least 4 members (excludes halogenated alkanes) is 9. The Balaban J connectivity index is 1.48. The number of rotatable bonds is 16. The second kappa shape index (κ2) is 15.4. The summed E-state index contributed by atoms with van der Waals surface area (Å²) < 4.78 is 10.8. The van der Waals surface area contributed by atoms with Gasteiger partial charge in [0.15, 0.2) is 0 Å². The fourth-order valence-corrected chi connectivity index (χ4v) is 3.68. The van der Waals surface area contributed by atoms with Crippen LogP contribution in [0.2, 0.25) is 0 Å². The van der Waals surface area contributed by atoms with Gasteiger partial charge in [-0.25, -0.2) is 0 Å². The van der Waals surface area contributed by atoms with Crippen molar-refractivity contribution in [2.45, 2.75) is 90.4 Å². The van der Waals surface area contributed by atoms with E-state index in [0.717, 1.165) is 23.6 Å². The van der Waals surface area contributed by atoms with Crippen LogP contribution in [0.5, 0.6) is 5.75 Å². The molecule has 0 bridgehead atoms. The van der Waals surface area contributed by atoms with Crippen molar-refractivity contribution in [1.29, 1.82) is 0 Å². The van der Waals surface area contributed by atoms with E-state index in [4.69, 9.17) is 9.47 Å². The summed E-state index contributed by atoms with van der Waals surface area (Å²) in [5, 5.41) is 1.94. The van der Waals surface area contributed by atoms with Gasteiger partial charge in [-0.2, -0.15) is 0 Å². The molecule has 0 atom stereocenters. The number of fused-ring (bicyclic) bond motifs is 1. The smallest absolute Gasteiger partial charge is 0.311 e.